The van der Waals surface area contributed by atoms with Crippen molar-refractivity contribution in [3.8, 4) is 0 Å². The average Bonchev–Trinajstić information content (AvgIpc) is 3.01. The molecule has 7 heteroatoms. The van der Waals surface area contributed by atoms with E-state index in [4.69, 9.17) is 0 Å². The van der Waals surface area contributed by atoms with Crippen molar-refractivity contribution in [2.75, 3.05) is 27.2 Å². The van der Waals surface area contributed by atoms with Gasteiger partial charge in [-0.2, -0.15) is 0 Å². The molecule has 0 aliphatic rings. The molecule has 0 bridgehead atoms. The highest BCUT2D eigenvalue weighted by Crippen LogP contribution is 2.24. The number of likely N-dealkylation sites (N-methyl/N-ethyl adjacent to an activating group) is 1. The lowest BCUT2D eigenvalue weighted by Gasteiger charge is -2.19. The van der Waals surface area contributed by atoms with E-state index in [-0.39, 0.29) is 17.9 Å². The van der Waals surface area contributed by atoms with Crippen molar-refractivity contribution in [2.24, 2.45) is 0 Å². The van der Waals surface area contributed by atoms with Crippen LogP contribution in [0.2, 0.25) is 0 Å². The van der Waals surface area contributed by atoms with Crippen molar-refractivity contribution in [1.82, 2.24) is 10.3 Å². The molecule has 1 aromatic carbocycles. The second-order valence-corrected chi connectivity index (χ2v) is 6.86. The monoisotopic (exact) mass is 350 g/mol. The maximum absolute atomic E-state index is 12.0. The highest BCUT2D eigenvalue weighted by Gasteiger charge is 2.21. The summed E-state index contributed by atoms with van der Waals surface area (Å²) >= 11 is 1.67. The van der Waals surface area contributed by atoms with Gasteiger partial charge in [-0.05, 0) is 25.5 Å². The van der Waals surface area contributed by atoms with E-state index in [2.05, 4.69) is 28.0 Å². The number of thiazole rings is 1. The quantitative estimate of drug-likeness (QED) is 0.549. The molecular formula is C17H24N3O3S+. The Morgan fingerprint density at radius 1 is 1.38 bits per heavy atom. The normalized spacial score (nSPS) is 13.5. The van der Waals surface area contributed by atoms with Gasteiger partial charge in [0, 0.05) is 13.0 Å². The van der Waals surface area contributed by atoms with Crippen LogP contribution in [-0.4, -0.2) is 44.1 Å². The van der Waals surface area contributed by atoms with Crippen molar-refractivity contribution in [2.45, 2.75) is 25.8 Å². The summed E-state index contributed by atoms with van der Waals surface area (Å²) in [6, 6.07) is 8.20. The van der Waals surface area contributed by atoms with Gasteiger partial charge in [-0.15, -0.1) is 11.3 Å². The largest absolute Gasteiger partial charge is 0.469 e. The summed E-state index contributed by atoms with van der Waals surface area (Å²) in [6.07, 6.45) is 0.909. The summed E-state index contributed by atoms with van der Waals surface area (Å²) in [5, 5.41) is 3.88. The molecule has 0 fully saturated rings. The molecule has 6 nitrogen and oxygen atoms in total. The Morgan fingerprint density at radius 2 is 2.12 bits per heavy atom. The molecule has 0 aliphatic heterocycles. The standard InChI is InChI=1S/C17H23N3O3S/c1-12(17-19-13-7-4-5-8-14(13)24-17)20(2)11-15(21)18-10-6-9-16(22)23-3/h4-5,7-8,12H,6,9-11H2,1-3H3,(H,18,21)/p+1/t12-/m0/s1. The van der Waals surface area contributed by atoms with Gasteiger partial charge in [-0.1, -0.05) is 12.1 Å². The molecule has 1 heterocycles. The Balaban J connectivity index is 1.81. The minimum atomic E-state index is -0.253. The molecule has 2 rings (SSSR count). The maximum atomic E-state index is 12.0. The number of quaternary nitrogens is 1. The summed E-state index contributed by atoms with van der Waals surface area (Å²) in [4.78, 5) is 28.8. The van der Waals surface area contributed by atoms with E-state index in [1.54, 1.807) is 11.3 Å². The first-order valence-electron chi connectivity index (χ1n) is 8.02. The van der Waals surface area contributed by atoms with Crippen LogP contribution < -0.4 is 10.2 Å². The number of fused-ring (bicyclic) bond motifs is 1. The van der Waals surface area contributed by atoms with E-state index in [1.807, 2.05) is 25.2 Å². The summed E-state index contributed by atoms with van der Waals surface area (Å²) < 4.78 is 5.73. The maximum Gasteiger partial charge on any atom is 0.305 e. The minimum Gasteiger partial charge on any atom is -0.469 e. The summed E-state index contributed by atoms with van der Waals surface area (Å²) in [7, 11) is 3.35. The van der Waals surface area contributed by atoms with Gasteiger partial charge in [0.15, 0.2) is 11.6 Å². The lowest BCUT2D eigenvalue weighted by Crippen LogP contribution is -3.10. The van der Waals surface area contributed by atoms with E-state index >= 15 is 0 Å². The second-order valence-electron chi connectivity index (χ2n) is 5.79. The molecule has 0 saturated carbocycles. The van der Waals surface area contributed by atoms with Crippen molar-refractivity contribution in [1.29, 1.82) is 0 Å². The zero-order chi connectivity index (χ0) is 17.5. The number of para-hydroxylation sites is 1. The lowest BCUT2D eigenvalue weighted by molar-refractivity contribution is -0.902. The minimum absolute atomic E-state index is 0.0228. The molecule has 1 unspecified atom stereocenters. The number of ether oxygens (including phenoxy) is 1. The molecular weight excluding hydrogens is 326 g/mol. The van der Waals surface area contributed by atoms with Crippen LogP contribution in [0.5, 0.6) is 0 Å². The number of methoxy groups -OCH3 is 1. The zero-order valence-corrected chi connectivity index (χ0v) is 15.1. The smallest absolute Gasteiger partial charge is 0.305 e. The number of nitrogens with one attached hydrogen (secondary N) is 2. The van der Waals surface area contributed by atoms with E-state index in [1.165, 1.54) is 11.8 Å². The Kier molecular flexibility index (Phi) is 6.69. The second kappa shape index (κ2) is 8.75. The average molecular weight is 350 g/mol. The van der Waals surface area contributed by atoms with Gasteiger partial charge in [0.2, 0.25) is 0 Å². The van der Waals surface area contributed by atoms with Gasteiger partial charge < -0.3 is 15.0 Å². The third-order valence-corrected chi connectivity index (χ3v) is 5.19. The number of carbonyl (C=O) groups is 2. The number of esters is 1. The highest BCUT2D eigenvalue weighted by molar-refractivity contribution is 7.18. The van der Waals surface area contributed by atoms with Crippen LogP contribution in [0.1, 0.15) is 30.8 Å². The summed E-state index contributed by atoms with van der Waals surface area (Å²) in [5.74, 6) is -0.276. The molecule has 2 N–H and O–H groups in total. The number of carbonyl (C=O) groups excluding carboxylic acids is 2. The molecule has 0 aliphatic carbocycles. The van der Waals surface area contributed by atoms with Gasteiger partial charge in [-0.3, -0.25) is 9.59 Å². The van der Waals surface area contributed by atoms with Crippen LogP contribution in [0, 0.1) is 0 Å². The zero-order valence-electron chi connectivity index (χ0n) is 14.3. The van der Waals surface area contributed by atoms with Crippen LogP contribution in [0.3, 0.4) is 0 Å². The highest BCUT2D eigenvalue weighted by atomic mass is 32.1. The number of aromatic nitrogens is 1. The molecule has 1 aromatic heterocycles. The first-order valence-corrected chi connectivity index (χ1v) is 8.84. The lowest BCUT2D eigenvalue weighted by atomic mass is 10.3. The fourth-order valence-electron chi connectivity index (χ4n) is 2.32. The van der Waals surface area contributed by atoms with Crippen molar-refractivity contribution in [3.05, 3.63) is 29.3 Å². The molecule has 2 aromatic rings. The molecule has 2 atom stereocenters. The molecule has 0 saturated heterocycles. The predicted octanol–water partition coefficient (Wildman–Crippen LogP) is 0.941. The van der Waals surface area contributed by atoms with Gasteiger partial charge in [0.25, 0.3) is 5.91 Å². The number of amides is 1. The Hall–Kier alpha value is -1.99. The number of rotatable bonds is 8. The topological polar surface area (TPSA) is 72.7 Å². The van der Waals surface area contributed by atoms with Gasteiger partial charge in [0.1, 0.15) is 6.04 Å². The van der Waals surface area contributed by atoms with E-state index in [9.17, 15) is 9.59 Å². The van der Waals surface area contributed by atoms with Crippen molar-refractivity contribution < 1.29 is 19.2 Å². The molecule has 0 spiro atoms. The summed E-state index contributed by atoms with van der Waals surface area (Å²) in [6.45, 7) is 2.93. The first-order chi connectivity index (χ1) is 11.5. The number of nitrogens with zero attached hydrogens (tertiary/aromatic N) is 1. The van der Waals surface area contributed by atoms with Crippen molar-refractivity contribution in [3.63, 3.8) is 0 Å². The fraction of sp³-hybridized carbons (Fsp3) is 0.471. The number of hydrogen-bond donors (Lipinski definition) is 2. The first kappa shape index (κ1) is 18.4. The Bertz CT molecular complexity index is 668. The molecule has 1 amide bonds. The van der Waals surface area contributed by atoms with E-state index in [0.29, 0.717) is 25.9 Å². The summed E-state index contributed by atoms with van der Waals surface area (Å²) in [5.41, 5.74) is 1.00. The molecule has 0 radical (unpaired) electrons. The van der Waals surface area contributed by atoms with Crippen LogP contribution >= 0.6 is 11.3 Å². The predicted molar refractivity (Wildman–Crippen MR) is 94.0 cm³/mol. The number of hydrogen-bond acceptors (Lipinski definition) is 5. The Morgan fingerprint density at radius 3 is 2.83 bits per heavy atom. The van der Waals surface area contributed by atoms with Crippen LogP contribution in [-0.2, 0) is 14.3 Å². The van der Waals surface area contributed by atoms with Gasteiger partial charge in [0.05, 0.1) is 24.4 Å². The third kappa shape index (κ3) is 5.01. The SMILES string of the molecule is COC(=O)CCCNC(=O)C[NH+](C)[C@@H](C)c1nc2ccccc2s1. The van der Waals surface area contributed by atoms with Crippen molar-refractivity contribution >= 4 is 33.4 Å². The molecule has 130 valence electrons. The third-order valence-electron chi connectivity index (χ3n) is 3.97. The van der Waals surface area contributed by atoms with Crippen LogP contribution in [0.4, 0.5) is 0 Å². The fourth-order valence-corrected chi connectivity index (χ4v) is 3.43. The van der Waals surface area contributed by atoms with Gasteiger partial charge >= 0.3 is 5.97 Å². The molecule has 24 heavy (non-hydrogen) atoms. The Labute approximate surface area is 145 Å². The van der Waals surface area contributed by atoms with Crippen LogP contribution in [0.25, 0.3) is 10.2 Å². The van der Waals surface area contributed by atoms with Crippen LogP contribution in [0.15, 0.2) is 24.3 Å². The number of benzene rings is 1. The van der Waals surface area contributed by atoms with Gasteiger partial charge in [-0.25, -0.2) is 4.98 Å². The van der Waals surface area contributed by atoms with E-state index in [0.717, 1.165) is 15.4 Å². The van der Waals surface area contributed by atoms with E-state index < -0.39 is 0 Å².